The fourth-order valence-corrected chi connectivity index (χ4v) is 1.66. The first-order chi connectivity index (χ1) is 5.75. The van der Waals surface area contributed by atoms with Gasteiger partial charge in [0.1, 0.15) is 0 Å². The van der Waals surface area contributed by atoms with Crippen molar-refractivity contribution in [2.24, 2.45) is 0 Å². The van der Waals surface area contributed by atoms with Gasteiger partial charge in [0.2, 0.25) is 0 Å². The molecular formula is C10H14ClN. The standard InChI is InChI=1S/C10H14ClN/c1-3-4-10(11)9-7-12-6-5-8(9)2/h5-7,10H,3-4H2,1-2H3. The first kappa shape index (κ1) is 9.53. The van der Waals surface area contributed by atoms with Crippen molar-refractivity contribution in [1.29, 1.82) is 0 Å². The van der Waals surface area contributed by atoms with E-state index in [0.29, 0.717) is 0 Å². The van der Waals surface area contributed by atoms with E-state index < -0.39 is 0 Å². The molecular weight excluding hydrogens is 170 g/mol. The Bertz CT molecular complexity index is 247. The van der Waals surface area contributed by atoms with Gasteiger partial charge in [-0.2, -0.15) is 0 Å². The van der Waals surface area contributed by atoms with Crippen LogP contribution in [-0.2, 0) is 0 Å². The Balaban J connectivity index is 2.79. The summed E-state index contributed by atoms with van der Waals surface area (Å²) >= 11 is 6.17. The van der Waals surface area contributed by atoms with Crippen LogP contribution >= 0.6 is 11.6 Å². The molecule has 0 aliphatic carbocycles. The summed E-state index contributed by atoms with van der Waals surface area (Å²) in [5, 5.41) is 0.128. The molecule has 1 unspecified atom stereocenters. The Morgan fingerprint density at radius 1 is 1.58 bits per heavy atom. The molecule has 0 aromatic carbocycles. The van der Waals surface area contributed by atoms with Crippen LogP contribution in [0.3, 0.4) is 0 Å². The number of rotatable bonds is 3. The van der Waals surface area contributed by atoms with Gasteiger partial charge >= 0.3 is 0 Å². The number of aryl methyl sites for hydroxylation is 1. The molecule has 0 amide bonds. The predicted molar refractivity (Wildman–Crippen MR) is 52.5 cm³/mol. The molecule has 66 valence electrons. The highest BCUT2D eigenvalue weighted by atomic mass is 35.5. The summed E-state index contributed by atoms with van der Waals surface area (Å²) in [6.45, 7) is 4.21. The molecule has 0 spiro atoms. The molecule has 0 aliphatic heterocycles. The van der Waals surface area contributed by atoms with Gasteiger partial charge in [-0.15, -0.1) is 11.6 Å². The Morgan fingerprint density at radius 2 is 2.33 bits per heavy atom. The second-order valence-corrected chi connectivity index (χ2v) is 3.52. The van der Waals surface area contributed by atoms with Gasteiger partial charge in [0.15, 0.2) is 0 Å². The molecule has 0 bridgehead atoms. The van der Waals surface area contributed by atoms with Gasteiger partial charge < -0.3 is 0 Å². The largest absolute Gasteiger partial charge is 0.264 e. The van der Waals surface area contributed by atoms with Crippen LogP contribution in [0.5, 0.6) is 0 Å². The van der Waals surface area contributed by atoms with E-state index in [4.69, 9.17) is 11.6 Å². The lowest BCUT2D eigenvalue weighted by Gasteiger charge is -2.09. The van der Waals surface area contributed by atoms with E-state index in [1.54, 1.807) is 6.20 Å². The number of nitrogens with zero attached hydrogens (tertiary/aromatic N) is 1. The van der Waals surface area contributed by atoms with Crippen molar-refractivity contribution >= 4 is 11.6 Å². The number of alkyl halides is 1. The van der Waals surface area contributed by atoms with Crippen LogP contribution in [0, 0.1) is 6.92 Å². The lowest BCUT2D eigenvalue weighted by atomic mass is 10.1. The smallest absolute Gasteiger partial charge is 0.0602 e. The highest BCUT2D eigenvalue weighted by Gasteiger charge is 2.08. The maximum atomic E-state index is 6.17. The Morgan fingerprint density at radius 3 is 2.92 bits per heavy atom. The molecule has 0 saturated carbocycles. The maximum Gasteiger partial charge on any atom is 0.0602 e. The van der Waals surface area contributed by atoms with Gasteiger partial charge in [-0.25, -0.2) is 0 Å². The molecule has 1 aromatic rings. The van der Waals surface area contributed by atoms with E-state index in [1.807, 2.05) is 12.3 Å². The average molecular weight is 184 g/mol. The summed E-state index contributed by atoms with van der Waals surface area (Å²) in [6, 6.07) is 2.00. The normalized spacial score (nSPS) is 12.9. The van der Waals surface area contributed by atoms with Crippen molar-refractivity contribution in [3.63, 3.8) is 0 Å². The van der Waals surface area contributed by atoms with Crippen LogP contribution in [-0.4, -0.2) is 4.98 Å². The second kappa shape index (κ2) is 4.46. The summed E-state index contributed by atoms with van der Waals surface area (Å²) in [5.74, 6) is 0. The molecule has 0 N–H and O–H groups in total. The van der Waals surface area contributed by atoms with E-state index in [2.05, 4.69) is 18.8 Å². The fraction of sp³-hybridized carbons (Fsp3) is 0.500. The van der Waals surface area contributed by atoms with Gasteiger partial charge in [0.25, 0.3) is 0 Å². The van der Waals surface area contributed by atoms with Crippen molar-refractivity contribution in [2.45, 2.75) is 32.1 Å². The highest BCUT2D eigenvalue weighted by molar-refractivity contribution is 6.20. The summed E-state index contributed by atoms with van der Waals surface area (Å²) < 4.78 is 0. The predicted octanol–water partition coefficient (Wildman–Crippen LogP) is 3.47. The van der Waals surface area contributed by atoms with E-state index in [-0.39, 0.29) is 5.38 Å². The van der Waals surface area contributed by atoms with Gasteiger partial charge in [-0.05, 0) is 30.5 Å². The lowest BCUT2D eigenvalue weighted by Crippen LogP contribution is -1.94. The fourth-order valence-electron chi connectivity index (χ4n) is 1.21. The molecule has 2 heteroatoms. The number of halogens is 1. The molecule has 1 nitrogen and oxygen atoms in total. The summed E-state index contributed by atoms with van der Waals surface area (Å²) in [7, 11) is 0. The number of pyridine rings is 1. The van der Waals surface area contributed by atoms with Crippen molar-refractivity contribution < 1.29 is 0 Å². The van der Waals surface area contributed by atoms with E-state index in [1.165, 1.54) is 11.1 Å². The first-order valence-corrected chi connectivity index (χ1v) is 4.74. The van der Waals surface area contributed by atoms with Gasteiger partial charge in [0, 0.05) is 12.4 Å². The average Bonchev–Trinajstić information content (AvgIpc) is 2.05. The zero-order valence-corrected chi connectivity index (χ0v) is 8.30. The second-order valence-electron chi connectivity index (χ2n) is 2.99. The molecule has 1 heterocycles. The molecule has 1 atom stereocenters. The van der Waals surface area contributed by atoms with E-state index in [9.17, 15) is 0 Å². The van der Waals surface area contributed by atoms with Crippen LogP contribution in [0.2, 0.25) is 0 Å². The zero-order chi connectivity index (χ0) is 8.97. The molecule has 0 aliphatic rings. The number of hydrogen-bond acceptors (Lipinski definition) is 1. The summed E-state index contributed by atoms with van der Waals surface area (Å²) in [5.41, 5.74) is 2.40. The van der Waals surface area contributed by atoms with Crippen molar-refractivity contribution in [3.8, 4) is 0 Å². The summed E-state index contributed by atoms with van der Waals surface area (Å²) in [4.78, 5) is 4.06. The van der Waals surface area contributed by atoms with Gasteiger partial charge in [0.05, 0.1) is 5.38 Å². The van der Waals surface area contributed by atoms with E-state index >= 15 is 0 Å². The Hall–Kier alpha value is -0.560. The third-order valence-electron chi connectivity index (χ3n) is 1.96. The Kier molecular flexibility index (Phi) is 3.54. The third kappa shape index (κ3) is 2.21. The number of aromatic nitrogens is 1. The topological polar surface area (TPSA) is 12.9 Å². The molecule has 1 aromatic heterocycles. The minimum absolute atomic E-state index is 0.128. The quantitative estimate of drug-likeness (QED) is 0.654. The molecule has 0 fully saturated rings. The SMILES string of the molecule is CCCC(Cl)c1cnccc1C. The first-order valence-electron chi connectivity index (χ1n) is 4.30. The lowest BCUT2D eigenvalue weighted by molar-refractivity contribution is 0.763. The van der Waals surface area contributed by atoms with Crippen molar-refractivity contribution in [1.82, 2.24) is 4.98 Å². The summed E-state index contributed by atoms with van der Waals surface area (Å²) in [6.07, 6.45) is 5.80. The monoisotopic (exact) mass is 183 g/mol. The van der Waals surface area contributed by atoms with Gasteiger partial charge in [-0.1, -0.05) is 13.3 Å². The van der Waals surface area contributed by atoms with Crippen LogP contribution in [0.4, 0.5) is 0 Å². The van der Waals surface area contributed by atoms with Crippen LogP contribution in [0.15, 0.2) is 18.5 Å². The highest BCUT2D eigenvalue weighted by Crippen LogP contribution is 2.26. The molecule has 12 heavy (non-hydrogen) atoms. The zero-order valence-electron chi connectivity index (χ0n) is 7.55. The maximum absolute atomic E-state index is 6.17. The third-order valence-corrected chi connectivity index (χ3v) is 2.41. The van der Waals surface area contributed by atoms with Gasteiger partial charge in [-0.3, -0.25) is 4.98 Å². The minimum atomic E-state index is 0.128. The van der Waals surface area contributed by atoms with Crippen LogP contribution in [0.25, 0.3) is 0 Å². The van der Waals surface area contributed by atoms with Crippen molar-refractivity contribution in [3.05, 3.63) is 29.6 Å². The molecule has 0 saturated heterocycles. The van der Waals surface area contributed by atoms with Crippen molar-refractivity contribution in [2.75, 3.05) is 0 Å². The molecule has 0 radical (unpaired) electrons. The molecule has 1 rings (SSSR count). The number of hydrogen-bond donors (Lipinski definition) is 0. The Labute approximate surface area is 78.8 Å². The van der Waals surface area contributed by atoms with Crippen LogP contribution in [0.1, 0.15) is 36.3 Å². The van der Waals surface area contributed by atoms with Crippen LogP contribution < -0.4 is 0 Å². The van der Waals surface area contributed by atoms with E-state index in [0.717, 1.165) is 12.8 Å². The minimum Gasteiger partial charge on any atom is -0.264 e.